The molecule has 90 valence electrons. The molecule has 15 heavy (non-hydrogen) atoms. The molecule has 0 aliphatic heterocycles. The van der Waals surface area contributed by atoms with Crippen molar-refractivity contribution in [2.75, 3.05) is 13.2 Å². The van der Waals surface area contributed by atoms with Gasteiger partial charge in [-0.15, -0.1) is 0 Å². The largest absolute Gasteiger partial charge is 0.444 e. The number of hydrogen-bond acceptors (Lipinski definition) is 4. The van der Waals surface area contributed by atoms with Gasteiger partial charge in [0.05, 0.1) is 6.61 Å². The zero-order chi connectivity index (χ0) is 11.7. The molecule has 5 heteroatoms. The molecule has 0 saturated carbocycles. The Labute approximate surface area is 97.3 Å². The van der Waals surface area contributed by atoms with Gasteiger partial charge in [-0.05, 0) is 52.9 Å². The molecule has 0 rings (SSSR count). The first kappa shape index (κ1) is 14.6. The Balaban J connectivity index is 3.32. The van der Waals surface area contributed by atoms with Crippen LogP contribution in [0.4, 0.5) is 4.79 Å². The van der Waals surface area contributed by atoms with E-state index in [0.717, 1.165) is 19.3 Å². The number of thiol groups is 1. The molecular weight excluding hydrogens is 214 g/mol. The summed E-state index contributed by atoms with van der Waals surface area (Å²) in [6, 6.07) is 0. The van der Waals surface area contributed by atoms with Gasteiger partial charge < -0.3 is 14.2 Å². The van der Waals surface area contributed by atoms with Crippen LogP contribution < -0.4 is 5.32 Å². The van der Waals surface area contributed by atoms with Crippen LogP contribution in [0.2, 0.25) is 0 Å². The fraction of sp³-hybridized carbons (Fsp3) is 0.900. The minimum absolute atomic E-state index is 0.354. The molecule has 0 aromatic carbocycles. The molecule has 0 aliphatic rings. The maximum absolute atomic E-state index is 11.2. The van der Waals surface area contributed by atoms with Crippen molar-refractivity contribution in [1.29, 1.82) is 0 Å². The van der Waals surface area contributed by atoms with Crippen LogP contribution in [0.1, 0.15) is 40.0 Å². The Bertz CT molecular complexity index is 180. The minimum Gasteiger partial charge on any atom is -0.444 e. The topological polar surface area (TPSA) is 47.6 Å². The lowest BCUT2D eigenvalue weighted by Gasteiger charge is -2.19. The SMILES string of the molecule is CC(C)(C)OC(=O)NCCCCCOS. The predicted octanol–water partition coefficient (Wildman–Crippen LogP) is 2.54. The molecule has 0 radical (unpaired) electrons. The second kappa shape index (κ2) is 7.82. The first-order valence-electron chi connectivity index (χ1n) is 5.19. The number of hydrogen-bond donors (Lipinski definition) is 2. The molecule has 0 aromatic rings. The molecule has 0 saturated heterocycles. The fourth-order valence-corrected chi connectivity index (χ4v) is 1.10. The molecule has 1 amide bonds. The van der Waals surface area contributed by atoms with Crippen LogP contribution in [0, 0.1) is 0 Å². The van der Waals surface area contributed by atoms with E-state index in [1.165, 1.54) is 0 Å². The number of ether oxygens (including phenoxy) is 1. The summed E-state index contributed by atoms with van der Waals surface area (Å²) < 4.78 is 9.70. The van der Waals surface area contributed by atoms with Crippen LogP contribution in [0.3, 0.4) is 0 Å². The Hall–Kier alpha value is -0.420. The fourth-order valence-electron chi connectivity index (χ4n) is 0.973. The predicted molar refractivity (Wildman–Crippen MR) is 63.0 cm³/mol. The molecule has 0 spiro atoms. The van der Waals surface area contributed by atoms with Gasteiger partial charge in [0.15, 0.2) is 0 Å². The van der Waals surface area contributed by atoms with Crippen molar-refractivity contribution >= 4 is 19.0 Å². The molecule has 0 aromatic heterocycles. The van der Waals surface area contributed by atoms with Gasteiger partial charge in [0.25, 0.3) is 0 Å². The summed E-state index contributed by atoms with van der Waals surface area (Å²) in [6.45, 7) is 6.82. The summed E-state index contributed by atoms with van der Waals surface area (Å²) in [6.07, 6.45) is 2.54. The van der Waals surface area contributed by atoms with E-state index < -0.39 is 5.60 Å². The Morgan fingerprint density at radius 3 is 2.47 bits per heavy atom. The zero-order valence-corrected chi connectivity index (χ0v) is 10.6. The summed E-state index contributed by atoms with van der Waals surface area (Å²) in [5.41, 5.74) is -0.427. The molecule has 0 aliphatic carbocycles. The van der Waals surface area contributed by atoms with Crippen molar-refractivity contribution in [3.05, 3.63) is 0 Å². The van der Waals surface area contributed by atoms with Crippen LogP contribution in [0.25, 0.3) is 0 Å². The maximum atomic E-state index is 11.2. The van der Waals surface area contributed by atoms with E-state index >= 15 is 0 Å². The number of nitrogens with one attached hydrogen (secondary N) is 1. The molecule has 1 N–H and O–H groups in total. The van der Waals surface area contributed by atoms with Gasteiger partial charge >= 0.3 is 6.09 Å². The summed E-state index contributed by atoms with van der Waals surface area (Å²) in [7, 11) is 0. The Morgan fingerprint density at radius 2 is 1.93 bits per heavy atom. The highest BCUT2D eigenvalue weighted by atomic mass is 32.1. The van der Waals surface area contributed by atoms with E-state index in [1.807, 2.05) is 20.8 Å². The van der Waals surface area contributed by atoms with Crippen molar-refractivity contribution in [3.63, 3.8) is 0 Å². The molecule has 0 atom stereocenters. The quantitative estimate of drug-likeness (QED) is 0.422. The lowest BCUT2D eigenvalue weighted by Crippen LogP contribution is -2.33. The third kappa shape index (κ3) is 11.5. The number of carbonyl (C=O) groups excluding carboxylic acids is 1. The number of alkyl carbamates (subject to hydrolysis) is 1. The van der Waals surface area contributed by atoms with Crippen molar-refractivity contribution in [3.8, 4) is 0 Å². The van der Waals surface area contributed by atoms with E-state index in [1.54, 1.807) is 0 Å². The van der Waals surface area contributed by atoms with Gasteiger partial charge in [0.1, 0.15) is 5.60 Å². The smallest absolute Gasteiger partial charge is 0.407 e. The first-order valence-corrected chi connectivity index (χ1v) is 5.55. The number of amides is 1. The van der Waals surface area contributed by atoms with Crippen molar-refractivity contribution in [1.82, 2.24) is 5.32 Å². The van der Waals surface area contributed by atoms with Crippen molar-refractivity contribution < 1.29 is 13.7 Å². The molecular formula is C10H21NO3S. The van der Waals surface area contributed by atoms with Gasteiger partial charge in [-0.2, -0.15) is 0 Å². The summed E-state index contributed by atoms with van der Waals surface area (Å²) >= 11 is 3.64. The third-order valence-corrected chi connectivity index (χ3v) is 1.76. The number of rotatable bonds is 6. The summed E-state index contributed by atoms with van der Waals surface area (Å²) in [4.78, 5) is 11.2. The van der Waals surface area contributed by atoms with Crippen LogP contribution in [0.15, 0.2) is 0 Å². The highest BCUT2D eigenvalue weighted by Gasteiger charge is 2.15. The number of unbranched alkanes of at least 4 members (excludes halogenated alkanes) is 2. The van der Waals surface area contributed by atoms with E-state index in [2.05, 4.69) is 22.4 Å². The highest BCUT2D eigenvalue weighted by Crippen LogP contribution is 2.06. The van der Waals surface area contributed by atoms with Crippen molar-refractivity contribution in [2.24, 2.45) is 0 Å². The van der Waals surface area contributed by atoms with Gasteiger partial charge in [-0.3, -0.25) is 0 Å². The zero-order valence-electron chi connectivity index (χ0n) is 9.71. The third-order valence-electron chi connectivity index (χ3n) is 1.58. The Kier molecular flexibility index (Phi) is 7.60. The lowest BCUT2D eigenvalue weighted by atomic mass is 10.2. The van der Waals surface area contributed by atoms with Gasteiger partial charge in [-0.1, -0.05) is 0 Å². The van der Waals surface area contributed by atoms with Crippen molar-refractivity contribution in [2.45, 2.75) is 45.6 Å². The van der Waals surface area contributed by atoms with Gasteiger partial charge in [-0.25, -0.2) is 4.79 Å². The molecule has 0 unspecified atom stereocenters. The lowest BCUT2D eigenvalue weighted by molar-refractivity contribution is 0.0527. The van der Waals surface area contributed by atoms with E-state index in [4.69, 9.17) is 4.74 Å². The Morgan fingerprint density at radius 1 is 1.27 bits per heavy atom. The monoisotopic (exact) mass is 235 g/mol. The van der Waals surface area contributed by atoms with Crippen LogP contribution in [-0.4, -0.2) is 24.8 Å². The second-order valence-corrected chi connectivity index (χ2v) is 4.58. The van der Waals surface area contributed by atoms with Crippen LogP contribution in [0.5, 0.6) is 0 Å². The summed E-state index contributed by atoms with van der Waals surface area (Å²) in [5, 5.41) is 2.70. The second-order valence-electron chi connectivity index (χ2n) is 4.32. The maximum Gasteiger partial charge on any atom is 0.407 e. The minimum atomic E-state index is -0.427. The van der Waals surface area contributed by atoms with Gasteiger partial charge in [0, 0.05) is 6.54 Å². The summed E-state index contributed by atoms with van der Waals surface area (Å²) in [5.74, 6) is 0. The van der Waals surface area contributed by atoms with Crippen LogP contribution >= 0.6 is 12.9 Å². The van der Waals surface area contributed by atoms with Crippen LogP contribution in [-0.2, 0) is 8.92 Å². The molecule has 0 fully saturated rings. The standard InChI is InChI=1S/C10H21NO3S/c1-10(2,3)14-9(12)11-7-5-4-6-8-13-15/h15H,4-8H2,1-3H3,(H,11,12). The first-order chi connectivity index (χ1) is 6.95. The van der Waals surface area contributed by atoms with E-state index in [9.17, 15) is 4.79 Å². The average Bonchev–Trinajstić information content (AvgIpc) is 2.08. The highest BCUT2D eigenvalue weighted by molar-refractivity contribution is 7.75. The van der Waals surface area contributed by atoms with E-state index in [-0.39, 0.29) is 6.09 Å². The normalized spacial score (nSPS) is 11.2. The van der Waals surface area contributed by atoms with E-state index in [0.29, 0.717) is 13.2 Å². The number of carbonyl (C=O) groups is 1. The molecule has 0 heterocycles. The molecule has 0 bridgehead atoms. The average molecular weight is 235 g/mol. The van der Waals surface area contributed by atoms with Gasteiger partial charge in [0.2, 0.25) is 0 Å². The molecule has 4 nitrogen and oxygen atoms in total.